The Hall–Kier alpha value is -2.81. The molecule has 0 bridgehead atoms. The van der Waals surface area contributed by atoms with Gasteiger partial charge in [0.15, 0.2) is 5.75 Å². The lowest BCUT2D eigenvalue weighted by Gasteiger charge is -2.23. The molecule has 0 aliphatic carbocycles. The summed E-state index contributed by atoms with van der Waals surface area (Å²) in [4.78, 5) is 49.1. The Morgan fingerprint density at radius 3 is 2.32 bits per heavy atom. The van der Waals surface area contributed by atoms with Gasteiger partial charge in [0, 0.05) is 16.2 Å². The van der Waals surface area contributed by atoms with Crippen molar-refractivity contribution in [3.8, 4) is 16.9 Å². The number of carbonyl (C=O) groups is 2. The Labute approximate surface area is 185 Å². The van der Waals surface area contributed by atoms with E-state index in [0.29, 0.717) is 10.5 Å². The molecule has 0 aliphatic heterocycles. The lowest BCUT2D eigenvalue weighted by Crippen LogP contribution is -2.45. The van der Waals surface area contributed by atoms with Crippen molar-refractivity contribution in [3.05, 3.63) is 44.7 Å². The van der Waals surface area contributed by atoms with Gasteiger partial charge in [-0.15, -0.1) is 11.8 Å². The third kappa shape index (κ3) is 6.33. The third-order valence-electron chi connectivity index (χ3n) is 3.96. The monoisotopic (exact) mass is 449 g/mol. The van der Waals surface area contributed by atoms with Crippen molar-refractivity contribution < 1.29 is 23.8 Å². The van der Waals surface area contributed by atoms with Gasteiger partial charge in [-0.25, -0.2) is 9.59 Å². The van der Waals surface area contributed by atoms with E-state index in [2.05, 4.69) is 5.32 Å². The molecule has 0 unspecified atom stereocenters. The van der Waals surface area contributed by atoms with Crippen LogP contribution in [0.3, 0.4) is 0 Å². The van der Waals surface area contributed by atoms with Gasteiger partial charge in [0.1, 0.15) is 11.6 Å². The van der Waals surface area contributed by atoms with Crippen LogP contribution in [-0.2, 0) is 14.3 Å². The fourth-order valence-corrected chi connectivity index (χ4v) is 3.76. The summed E-state index contributed by atoms with van der Waals surface area (Å²) in [7, 11) is 1.23. The van der Waals surface area contributed by atoms with Gasteiger partial charge in [-0.05, 0) is 40.7 Å². The SMILES string of the molecule is COC(=O)[C@H](CSc1ccccc1-c1c(OC(C)C)c(=O)c1=O)NC(=O)OC(C)(C)C. The second kappa shape index (κ2) is 10.00. The number of hydrogen-bond acceptors (Lipinski definition) is 8. The second-order valence-electron chi connectivity index (χ2n) is 8.06. The molecule has 0 spiro atoms. The molecule has 168 valence electrons. The Morgan fingerprint density at radius 2 is 1.74 bits per heavy atom. The van der Waals surface area contributed by atoms with Gasteiger partial charge in [-0.1, -0.05) is 18.2 Å². The molecule has 2 aromatic carbocycles. The fourth-order valence-electron chi connectivity index (χ4n) is 2.70. The number of amides is 1. The molecular formula is C22H27NO7S. The highest BCUT2D eigenvalue weighted by atomic mass is 32.2. The minimum atomic E-state index is -0.975. The molecule has 2 aromatic rings. The van der Waals surface area contributed by atoms with Crippen molar-refractivity contribution in [1.29, 1.82) is 0 Å². The summed E-state index contributed by atoms with van der Waals surface area (Å²) in [5.74, 6) is -0.461. The van der Waals surface area contributed by atoms with Crippen molar-refractivity contribution in [2.45, 2.75) is 57.3 Å². The molecule has 0 saturated carbocycles. The van der Waals surface area contributed by atoms with Crippen LogP contribution in [0.5, 0.6) is 5.75 Å². The summed E-state index contributed by atoms with van der Waals surface area (Å²) in [6, 6.07) is 6.01. The van der Waals surface area contributed by atoms with E-state index in [1.54, 1.807) is 58.9 Å². The molecule has 0 saturated heterocycles. The van der Waals surface area contributed by atoms with Crippen LogP contribution in [-0.4, -0.2) is 42.7 Å². The molecule has 0 fully saturated rings. The van der Waals surface area contributed by atoms with E-state index in [1.165, 1.54) is 18.9 Å². The Kier molecular flexibility index (Phi) is 7.89. The van der Waals surface area contributed by atoms with Crippen molar-refractivity contribution in [1.82, 2.24) is 5.32 Å². The second-order valence-corrected chi connectivity index (χ2v) is 9.12. The topological polar surface area (TPSA) is 108 Å². The number of esters is 1. The molecular weight excluding hydrogens is 422 g/mol. The first-order valence-corrected chi connectivity index (χ1v) is 10.7. The highest BCUT2D eigenvalue weighted by Crippen LogP contribution is 2.35. The van der Waals surface area contributed by atoms with E-state index in [-0.39, 0.29) is 23.2 Å². The minimum absolute atomic E-state index is 0.0458. The van der Waals surface area contributed by atoms with Crippen LogP contribution in [0.2, 0.25) is 0 Å². The van der Waals surface area contributed by atoms with E-state index < -0.39 is 34.6 Å². The molecule has 1 amide bonds. The number of alkyl carbamates (subject to hydrolysis) is 1. The van der Waals surface area contributed by atoms with E-state index >= 15 is 0 Å². The molecule has 31 heavy (non-hydrogen) atoms. The first-order chi connectivity index (χ1) is 14.4. The van der Waals surface area contributed by atoms with Crippen LogP contribution < -0.4 is 20.9 Å². The van der Waals surface area contributed by atoms with Crippen LogP contribution in [0, 0.1) is 0 Å². The van der Waals surface area contributed by atoms with E-state index in [4.69, 9.17) is 14.2 Å². The number of hydrogen-bond donors (Lipinski definition) is 1. The zero-order valence-corrected chi connectivity index (χ0v) is 19.3. The maximum absolute atomic E-state index is 12.2. The number of benzene rings is 1. The first-order valence-electron chi connectivity index (χ1n) is 9.74. The van der Waals surface area contributed by atoms with Crippen molar-refractivity contribution in [2.75, 3.05) is 12.9 Å². The van der Waals surface area contributed by atoms with Gasteiger partial charge in [0.05, 0.1) is 18.8 Å². The normalized spacial score (nSPS) is 12.5. The van der Waals surface area contributed by atoms with Crippen molar-refractivity contribution in [2.24, 2.45) is 0 Å². The van der Waals surface area contributed by atoms with Gasteiger partial charge >= 0.3 is 12.1 Å². The number of thioether (sulfide) groups is 1. The largest absolute Gasteiger partial charge is 0.486 e. The summed E-state index contributed by atoms with van der Waals surface area (Å²) in [5.41, 5.74) is -1.23. The first kappa shape index (κ1) is 24.5. The maximum atomic E-state index is 12.2. The summed E-state index contributed by atoms with van der Waals surface area (Å²) >= 11 is 1.24. The molecule has 0 aliphatic rings. The predicted molar refractivity (Wildman–Crippen MR) is 118 cm³/mol. The number of methoxy groups -OCH3 is 1. The molecule has 1 atom stereocenters. The van der Waals surface area contributed by atoms with Crippen LogP contribution in [0.15, 0.2) is 38.8 Å². The van der Waals surface area contributed by atoms with Gasteiger partial charge < -0.3 is 19.5 Å². The number of ether oxygens (including phenoxy) is 3. The van der Waals surface area contributed by atoms with Crippen molar-refractivity contribution >= 4 is 23.8 Å². The smallest absolute Gasteiger partial charge is 0.408 e. The molecule has 2 rings (SSSR count). The molecule has 9 heteroatoms. The molecule has 0 radical (unpaired) electrons. The van der Waals surface area contributed by atoms with Gasteiger partial charge in [-0.3, -0.25) is 9.59 Å². The number of nitrogens with one attached hydrogen (secondary N) is 1. The highest BCUT2D eigenvalue weighted by Gasteiger charge is 2.28. The average Bonchev–Trinajstić information content (AvgIpc) is 2.68. The zero-order valence-electron chi connectivity index (χ0n) is 18.4. The molecule has 0 heterocycles. The average molecular weight is 450 g/mol. The van der Waals surface area contributed by atoms with Gasteiger partial charge in [-0.2, -0.15) is 0 Å². The Morgan fingerprint density at radius 1 is 1.10 bits per heavy atom. The summed E-state index contributed by atoms with van der Waals surface area (Å²) in [6.07, 6.45) is -1.00. The number of rotatable bonds is 8. The molecule has 1 N–H and O–H groups in total. The maximum Gasteiger partial charge on any atom is 0.408 e. The Bertz CT molecular complexity index is 1020. The zero-order chi connectivity index (χ0) is 23.3. The molecule has 0 aromatic heterocycles. The van der Waals surface area contributed by atoms with E-state index in [9.17, 15) is 19.2 Å². The summed E-state index contributed by atoms with van der Waals surface area (Å²) < 4.78 is 15.5. The van der Waals surface area contributed by atoms with Gasteiger partial charge in [0.2, 0.25) is 5.43 Å². The lowest BCUT2D eigenvalue weighted by atomic mass is 10.00. The quantitative estimate of drug-likeness (QED) is 0.372. The minimum Gasteiger partial charge on any atom is -0.486 e. The summed E-state index contributed by atoms with van der Waals surface area (Å²) in [6.45, 7) is 8.68. The Balaban J connectivity index is 2.24. The standard InChI is InChI=1S/C22H27NO7S/c1-12(2)29-19-16(17(24)18(19)25)13-9-7-8-10-15(13)31-11-14(20(26)28-6)23-21(27)30-22(3,4)5/h7-10,12,14H,11H2,1-6H3,(H,23,27)/t14-/m0/s1. The highest BCUT2D eigenvalue weighted by molar-refractivity contribution is 7.99. The third-order valence-corrected chi connectivity index (χ3v) is 5.13. The summed E-state index contributed by atoms with van der Waals surface area (Å²) in [5, 5.41) is 2.51. The van der Waals surface area contributed by atoms with Crippen molar-refractivity contribution in [3.63, 3.8) is 0 Å². The van der Waals surface area contributed by atoms with Crippen LogP contribution in [0.4, 0.5) is 4.79 Å². The lowest BCUT2D eigenvalue weighted by molar-refractivity contribution is -0.142. The number of carbonyl (C=O) groups excluding carboxylic acids is 2. The van der Waals surface area contributed by atoms with Gasteiger partial charge in [0.25, 0.3) is 5.43 Å². The van der Waals surface area contributed by atoms with Crippen LogP contribution in [0.25, 0.3) is 11.1 Å². The van der Waals surface area contributed by atoms with Crippen LogP contribution in [0.1, 0.15) is 34.6 Å². The molecule has 8 nitrogen and oxygen atoms in total. The van der Waals surface area contributed by atoms with E-state index in [1.807, 2.05) is 0 Å². The van der Waals surface area contributed by atoms with Crippen LogP contribution >= 0.6 is 11.8 Å². The fraction of sp³-hybridized carbons (Fsp3) is 0.455. The predicted octanol–water partition coefficient (Wildman–Crippen LogP) is 2.90. The van der Waals surface area contributed by atoms with E-state index in [0.717, 1.165) is 0 Å².